The van der Waals surface area contributed by atoms with Crippen LogP contribution < -0.4 is 0 Å². The minimum absolute atomic E-state index is 0.189. The maximum atomic E-state index is 12.4. The smallest absolute Gasteiger partial charge is 0.462 e. The normalized spacial score (nSPS) is 14.4. The van der Waals surface area contributed by atoms with Gasteiger partial charge >= 0.3 is 19.8 Å². The first-order valence-corrected chi connectivity index (χ1v) is 17.5. The first-order valence-electron chi connectivity index (χ1n) is 16.0. The van der Waals surface area contributed by atoms with E-state index in [1.165, 1.54) is 64.2 Å². The first-order chi connectivity index (χ1) is 19.7. The molecule has 0 heterocycles. The third-order valence-electron chi connectivity index (χ3n) is 6.76. The topological polar surface area (TPSA) is 149 Å². The number of unbranched alkanes of at least 4 members (excludes halogenated alkanes) is 16. The Hall–Kier alpha value is -1.03. The molecule has 0 aromatic carbocycles. The van der Waals surface area contributed by atoms with Gasteiger partial charge in [-0.2, -0.15) is 0 Å². The van der Waals surface area contributed by atoms with Crippen LogP contribution in [0.2, 0.25) is 0 Å². The molecule has 0 aromatic rings. The van der Waals surface area contributed by atoms with Crippen LogP contribution in [-0.2, 0) is 32.7 Å². The molecule has 0 aliphatic rings. The maximum absolute atomic E-state index is 12.4. The van der Waals surface area contributed by atoms with E-state index in [1.807, 2.05) is 0 Å². The number of carbonyl (C=O) groups is 2. The Morgan fingerprint density at radius 1 is 0.634 bits per heavy atom. The van der Waals surface area contributed by atoms with Gasteiger partial charge in [-0.1, -0.05) is 117 Å². The van der Waals surface area contributed by atoms with Gasteiger partial charge in [-0.3, -0.25) is 18.6 Å². The molecule has 0 bridgehead atoms. The average Bonchev–Trinajstić information content (AvgIpc) is 2.95. The van der Waals surface area contributed by atoms with Gasteiger partial charge in [0.1, 0.15) is 12.7 Å². The molecule has 0 fully saturated rings. The Morgan fingerprint density at radius 3 is 1.51 bits per heavy atom. The number of rotatable bonds is 30. The molecule has 3 atom stereocenters. The van der Waals surface area contributed by atoms with E-state index in [0.29, 0.717) is 12.8 Å². The van der Waals surface area contributed by atoms with Gasteiger partial charge in [0.05, 0.1) is 19.8 Å². The maximum Gasteiger partial charge on any atom is 0.472 e. The van der Waals surface area contributed by atoms with E-state index in [1.54, 1.807) is 0 Å². The van der Waals surface area contributed by atoms with E-state index < -0.39 is 51.8 Å². The van der Waals surface area contributed by atoms with E-state index in [2.05, 4.69) is 18.4 Å². The lowest BCUT2D eigenvalue weighted by Crippen LogP contribution is -2.29. The molecular formula is C30H59O10P. The van der Waals surface area contributed by atoms with Gasteiger partial charge in [0.15, 0.2) is 6.10 Å². The minimum Gasteiger partial charge on any atom is -0.462 e. The molecule has 0 aliphatic heterocycles. The van der Waals surface area contributed by atoms with Crippen molar-refractivity contribution in [2.24, 2.45) is 0 Å². The van der Waals surface area contributed by atoms with Crippen molar-refractivity contribution in [3.8, 4) is 0 Å². The quantitative estimate of drug-likeness (QED) is 0.0452. The molecule has 0 aliphatic carbocycles. The van der Waals surface area contributed by atoms with E-state index in [-0.39, 0.29) is 19.4 Å². The van der Waals surface area contributed by atoms with Gasteiger partial charge in [0.25, 0.3) is 0 Å². The predicted octanol–water partition coefficient (Wildman–Crippen LogP) is 6.77. The Kier molecular flexibility index (Phi) is 27.1. The fourth-order valence-electron chi connectivity index (χ4n) is 4.23. The van der Waals surface area contributed by atoms with Crippen LogP contribution in [0.4, 0.5) is 0 Å². The summed E-state index contributed by atoms with van der Waals surface area (Å²) in [5.74, 6) is -0.927. The van der Waals surface area contributed by atoms with Crippen LogP contribution in [0.25, 0.3) is 0 Å². The highest BCUT2D eigenvalue weighted by Crippen LogP contribution is 2.43. The summed E-state index contributed by atoms with van der Waals surface area (Å²) in [6, 6.07) is 0. The highest BCUT2D eigenvalue weighted by atomic mass is 31.2. The lowest BCUT2D eigenvalue weighted by atomic mass is 10.1. The lowest BCUT2D eigenvalue weighted by Gasteiger charge is -2.20. The third kappa shape index (κ3) is 27.5. The molecule has 0 saturated heterocycles. The fraction of sp³-hybridized carbons (Fsp3) is 0.933. The Balaban J connectivity index is 4.46. The summed E-state index contributed by atoms with van der Waals surface area (Å²) in [4.78, 5) is 34.4. The van der Waals surface area contributed by atoms with Gasteiger partial charge in [0.2, 0.25) is 0 Å². The van der Waals surface area contributed by atoms with Crippen LogP contribution in [-0.4, -0.2) is 65.7 Å². The number of esters is 2. The second-order valence-electron chi connectivity index (χ2n) is 10.8. The van der Waals surface area contributed by atoms with Gasteiger partial charge in [-0.15, -0.1) is 0 Å². The number of carbonyl (C=O) groups excluding carboxylic acids is 2. The summed E-state index contributed by atoms with van der Waals surface area (Å²) in [7, 11) is -4.59. The van der Waals surface area contributed by atoms with Crippen LogP contribution in [0.3, 0.4) is 0 Å². The van der Waals surface area contributed by atoms with Crippen LogP contribution in [0, 0.1) is 0 Å². The summed E-state index contributed by atoms with van der Waals surface area (Å²) in [6.07, 6.45) is 18.1. The van der Waals surface area contributed by atoms with E-state index in [9.17, 15) is 24.2 Å². The molecule has 244 valence electrons. The number of aliphatic hydroxyl groups is 2. The highest BCUT2D eigenvalue weighted by Gasteiger charge is 2.27. The number of phosphoric ester groups is 1. The lowest BCUT2D eigenvalue weighted by molar-refractivity contribution is -0.161. The Bertz CT molecular complexity index is 676. The molecule has 0 amide bonds. The zero-order chi connectivity index (χ0) is 30.6. The SMILES string of the molecule is CCCCCCCCCCCC(=O)OC[C@@H](COP(=O)(O)OC[C@@H](O)CO)OC(=O)CCCCCCCCCCC. The van der Waals surface area contributed by atoms with Crippen LogP contribution in [0.15, 0.2) is 0 Å². The molecule has 0 aromatic heterocycles. The summed E-state index contributed by atoms with van der Waals surface area (Å²) in [5, 5.41) is 18.1. The van der Waals surface area contributed by atoms with Crippen molar-refractivity contribution in [1.29, 1.82) is 0 Å². The number of hydrogen-bond acceptors (Lipinski definition) is 9. The monoisotopic (exact) mass is 610 g/mol. The van der Waals surface area contributed by atoms with E-state index >= 15 is 0 Å². The third-order valence-corrected chi connectivity index (χ3v) is 7.71. The molecule has 0 spiro atoms. The largest absolute Gasteiger partial charge is 0.472 e. The van der Waals surface area contributed by atoms with Crippen molar-refractivity contribution in [3.63, 3.8) is 0 Å². The second kappa shape index (κ2) is 27.8. The zero-order valence-electron chi connectivity index (χ0n) is 25.8. The van der Waals surface area contributed by atoms with E-state index in [4.69, 9.17) is 19.1 Å². The summed E-state index contributed by atoms with van der Waals surface area (Å²) < 4.78 is 32.3. The van der Waals surface area contributed by atoms with Crippen LogP contribution in [0.1, 0.15) is 142 Å². The molecule has 41 heavy (non-hydrogen) atoms. The minimum atomic E-state index is -4.59. The summed E-state index contributed by atoms with van der Waals surface area (Å²) in [5.41, 5.74) is 0. The molecule has 1 unspecified atom stereocenters. The predicted molar refractivity (Wildman–Crippen MR) is 159 cm³/mol. The molecule has 3 N–H and O–H groups in total. The average molecular weight is 611 g/mol. The van der Waals surface area contributed by atoms with Crippen molar-refractivity contribution in [2.75, 3.05) is 26.4 Å². The standard InChI is InChI=1S/C30H59O10P/c1-3-5-7-9-11-13-15-17-19-21-29(33)37-25-28(26-39-41(35,36)38-24-27(32)23-31)40-30(34)22-20-18-16-14-12-10-8-6-4-2/h27-28,31-32H,3-26H2,1-2H3,(H,35,36)/t27-,28-/m0/s1. The number of hydrogen-bond donors (Lipinski definition) is 3. The molecule has 10 nitrogen and oxygen atoms in total. The van der Waals surface area contributed by atoms with Crippen molar-refractivity contribution < 1.29 is 47.8 Å². The molecule has 0 saturated carbocycles. The van der Waals surface area contributed by atoms with Crippen molar-refractivity contribution >= 4 is 19.8 Å². The van der Waals surface area contributed by atoms with Gasteiger partial charge < -0.3 is 24.6 Å². The fourth-order valence-corrected chi connectivity index (χ4v) is 5.02. The van der Waals surface area contributed by atoms with Crippen LogP contribution >= 0.6 is 7.82 Å². The zero-order valence-corrected chi connectivity index (χ0v) is 26.7. The van der Waals surface area contributed by atoms with Crippen LogP contribution in [0.5, 0.6) is 0 Å². The van der Waals surface area contributed by atoms with Crippen molar-refractivity contribution in [3.05, 3.63) is 0 Å². The highest BCUT2D eigenvalue weighted by molar-refractivity contribution is 7.47. The van der Waals surface area contributed by atoms with Crippen molar-refractivity contribution in [2.45, 2.75) is 154 Å². The van der Waals surface area contributed by atoms with E-state index in [0.717, 1.165) is 38.5 Å². The first kappa shape index (κ1) is 40.0. The molecular weight excluding hydrogens is 551 g/mol. The Labute approximate surface area is 248 Å². The van der Waals surface area contributed by atoms with Gasteiger partial charge in [0, 0.05) is 12.8 Å². The second-order valence-corrected chi connectivity index (χ2v) is 12.3. The van der Waals surface area contributed by atoms with Gasteiger partial charge in [-0.05, 0) is 12.8 Å². The number of aliphatic hydroxyl groups excluding tert-OH is 2. The van der Waals surface area contributed by atoms with Crippen molar-refractivity contribution in [1.82, 2.24) is 0 Å². The summed E-state index contributed by atoms with van der Waals surface area (Å²) in [6.45, 7) is 2.30. The molecule has 0 rings (SSSR count). The number of phosphoric acid groups is 1. The number of ether oxygens (including phenoxy) is 2. The molecule has 0 radical (unpaired) electrons. The molecule has 11 heteroatoms. The summed E-state index contributed by atoms with van der Waals surface area (Å²) >= 11 is 0. The van der Waals surface area contributed by atoms with Gasteiger partial charge in [-0.25, -0.2) is 4.57 Å². The Morgan fingerprint density at radius 2 is 1.05 bits per heavy atom.